The summed E-state index contributed by atoms with van der Waals surface area (Å²) in [4.78, 5) is 4.27. The van der Waals surface area contributed by atoms with E-state index in [2.05, 4.69) is 4.98 Å². The van der Waals surface area contributed by atoms with E-state index in [9.17, 15) is 8.42 Å². The van der Waals surface area contributed by atoms with E-state index in [0.717, 1.165) is 18.4 Å². The van der Waals surface area contributed by atoms with E-state index in [1.54, 1.807) is 18.3 Å². The highest BCUT2D eigenvalue weighted by Crippen LogP contribution is 2.33. The molecular formula is C18H22N2O4S. The highest BCUT2D eigenvalue weighted by Gasteiger charge is 2.34. The van der Waals surface area contributed by atoms with Gasteiger partial charge in [0.05, 0.1) is 14.2 Å². The molecule has 1 atom stereocenters. The summed E-state index contributed by atoms with van der Waals surface area (Å²) in [6.07, 6.45) is 5.24. The second kappa shape index (κ2) is 7.41. The van der Waals surface area contributed by atoms with Gasteiger partial charge in [-0.15, -0.1) is 0 Å². The van der Waals surface area contributed by atoms with Gasteiger partial charge in [-0.1, -0.05) is 6.07 Å². The Morgan fingerprint density at radius 1 is 1.24 bits per heavy atom. The number of methoxy groups -OCH3 is 2. The van der Waals surface area contributed by atoms with Crippen LogP contribution in [0, 0.1) is 5.92 Å². The van der Waals surface area contributed by atoms with Crippen LogP contribution in [-0.4, -0.2) is 45.0 Å². The average Bonchev–Trinajstić information content (AvgIpc) is 3.11. The Labute approximate surface area is 148 Å². The SMILES string of the molecule is COc1ccc(OC)c(S(=O)(=O)N2CCC(Cc3cccnc3)C2)c1. The summed E-state index contributed by atoms with van der Waals surface area (Å²) in [6, 6.07) is 8.75. The van der Waals surface area contributed by atoms with Gasteiger partial charge in [-0.3, -0.25) is 4.98 Å². The average molecular weight is 362 g/mol. The molecule has 1 aromatic carbocycles. The van der Waals surface area contributed by atoms with Gasteiger partial charge in [0.1, 0.15) is 16.4 Å². The van der Waals surface area contributed by atoms with Crippen molar-refractivity contribution in [1.29, 1.82) is 0 Å². The van der Waals surface area contributed by atoms with Gasteiger partial charge < -0.3 is 9.47 Å². The van der Waals surface area contributed by atoms with Crippen LogP contribution in [0.4, 0.5) is 0 Å². The number of hydrogen-bond acceptors (Lipinski definition) is 5. The van der Waals surface area contributed by atoms with E-state index in [1.807, 2.05) is 18.3 Å². The van der Waals surface area contributed by atoms with E-state index >= 15 is 0 Å². The van der Waals surface area contributed by atoms with Gasteiger partial charge in [0.2, 0.25) is 10.0 Å². The zero-order valence-electron chi connectivity index (χ0n) is 14.4. The molecule has 1 unspecified atom stereocenters. The highest BCUT2D eigenvalue weighted by molar-refractivity contribution is 7.89. The largest absolute Gasteiger partial charge is 0.497 e. The second-order valence-electron chi connectivity index (χ2n) is 6.10. The fourth-order valence-corrected chi connectivity index (χ4v) is 4.86. The Morgan fingerprint density at radius 3 is 2.76 bits per heavy atom. The van der Waals surface area contributed by atoms with Crippen LogP contribution in [-0.2, 0) is 16.4 Å². The van der Waals surface area contributed by atoms with E-state index in [1.165, 1.54) is 24.6 Å². The minimum absolute atomic E-state index is 0.149. The van der Waals surface area contributed by atoms with E-state index in [4.69, 9.17) is 9.47 Å². The van der Waals surface area contributed by atoms with Crippen LogP contribution in [0.5, 0.6) is 11.5 Å². The monoisotopic (exact) mass is 362 g/mol. The first-order valence-corrected chi connectivity index (χ1v) is 9.59. The van der Waals surface area contributed by atoms with Crippen molar-refractivity contribution >= 4 is 10.0 Å². The van der Waals surface area contributed by atoms with Crippen molar-refractivity contribution < 1.29 is 17.9 Å². The lowest BCUT2D eigenvalue weighted by atomic mass is 10.0. The van der Waals surface area contributed by atoms with E-state index in [-0.39, 0.29) is 10.8 Å². The molecule has 134 valence electrons. The summed E-state index contributed by atoms with van der Waals surface area (Å²) in [7, 11) is -0.646. The molecule has 0 aliphatic carbocycles. The molecule has 2 aromatic rings. The third-order valence-electron chi connectivity index (χ3n) is 4.48. The molecule has 1 aliphatic heterocycles. The first-order chi connectivity index (χ1) is 12.0. The maximum atomic E-state index is 13.1. The summed E-state index contributed by atoms with van der Waals surface area (Å²) < 4.78 is 38.1. The van der Waals surface area contributed by atoms with Crippen LogP contribution in [0.3, 0.4) is 0 Å². The minimum atomic E-state index is -3.63. The zero-order chi connectivity index (χ0) is 17.9. The first kappa shape index (κ1) is 17.7. The van der Waals surface area contributed by atoms with Crippen molar-refractivity contribution in [2.75, 3.05) is 27.3 Å². The van der Waals surface area contributed by atoms with Gasteiger partial charge in [0.15, 0.2) is 0 Å². The Hall–Kier alpha value is -2.12. The predicted molar refractivity (Wildman–Crippen MR) is 94.4 cm³/mol. The lowest BCUT2D eigenvalue weighted by Crippen LogP contribution is -2.29. The fraction of sp³-hybridized carbons (Fsp3) is 0.389. The van der Waals surface area contributed by atoms with Gasteiger partial charge in [-0.25, -0.2) is 8.42 Å². The van der Waals surface area contributed by atoms with Crippen molar-refractivity contribution in [1.82, 2.24) is 9.29 Å². The Balaban J connectivity index is 1.80. The molecule has 6 nitrogen and oxygen atoms in total. The van der Waals surface area contributed by atoms with Crippen LogP contribution >= 0.6 is 0 Å². The second-order valence-corrected chi connectivity index (χ2v) is 8.01. The molecule has 25 heavy (non-hydrogen) atoms. The molecule has 2 heterocycles. The molecule has 0 N–H and O–H groups in total. The molecule has 1 saturated heterocycles. The number of pyridine rings is 1. The smallest absolute Gasteiger partial charge is 0.246 e. The molecule has 0 bridgehead atoms. The number of benzene rings is 1. The summed E-state index contributed by atoms with van der Waals surface area (Å²) in [5.74, 6) is 1.11. The van der Waals surface area contributed by atoms with E-state index < -0.39 is 10.0 Å². The number of sulfonamides is 1. The molecular weight excluding hydrogens is 340 g/mol. The highest BCUT2D eigenvalue weighted by atomic mass is 32.2. The third-order valence-corrected chi connectivity index (χ3v) is 6.37. The standard InChI is InChI=1S/C18H22N2O4S/c1-23-16-5-6-17(24-2)18(11-16)25(21,22)20-9-7-15(13-20)10-14-4-3-8-19-12-14/h3-6,8,11-12,15H,7,9-10,13H2,1-2H3. The molecule has 0 saturated carbocycles. The van der Waals surface area contributed by atoms with Crippen molar-refractivity contribution in [2.45, 2.75) is 17.7 Å². The predicted octanol–water partition coefficient (Wildman–Crippen LogP) is 2.35. The summed E-state index contributed by atoms with van der Waals surface area (Å²) >= 11 is 0. The molecule has 0 radical (unpaired) electrons. The number of aromatic nitrogens is 1. The lowest BCUT2D eigenvalue weighted by Gasteiger charge is -2.19. The van der Waals surface area contributed by atoms with Gasteiger partial charge in [0.25, 0.3) is 0 Å². The minimum Gasteiger partial charge on any atom is -0.497 e. The molecule has 7 heteroatoms. The molecule has 1 aliphatic rings. The normalized spacial score (nSPS) is 18.2. The van der Waals surface area contributed by atoms with Gasteiger partial charge in [-0.05, 0) is 42.5 Å². The third kappa shape index (κ3) is 3.77. The van der Waals surface area contributed by atoms with Crippen LogP contribution in [0.25, 0.3) is 0 Å². The number of hydrogen-bond donors (Lipinski definition) is 0. The van der Waals surface area contributed by atoms with Gasteiger partial charge in [0, 0.05) is 31.5 Å². The Kier molecular flexibility index (Phi) is 5.24. The number of nitrogens with zero attached hydrogens (tertiary/aromatic N) is 2. The molecule has 3 rings (SSSR count). The summed E-state index contributed by atoms with van der Waals surface area (Å²) in [5.41, 5.74) is 1.13. The first-order valence-electron chi connectivity index (χ1n) is 8.15. The molecule has 1 aromatic heterocycles. The number of ether oxygens (including phenoxy) is 2. The van der Waals surface area contributed by atoms with E-state index in [0.29, 0.717) is 24.6 Å². The maximum absolute atomic E-state index is 13.1. The van der Waals surface area contributed by atoms with Gasteiger partial charge in [-0.2, -0.15) is 4.31 Å². The van der Waals surface area contributed by atoms with Crippen LogP contribution < -0.4 is 9.47 Å². The van der Waals surface area contributed by atoms with Crippen LogP contribution in [0.15, 0.2) is 47.6 Å². The van der Waals surface area contributed by atoms with Gasteiger partial charge >= 0.3 is 0 Å². The Morgan fingerprint density at radius 2 is 2.08 bits per heavy atom. The van der Waals surface area contributed by atoms with Crippen LogP contribution in [0.1, 0.15) is 12.0 Å². The fourth-order valence-electron chi connectivity index (χ4n) is 3.16. The zero-order valence-corrected chi connectivity index (χ0v) is 15.2. The molecule has 1 fully saturated rings. The summed E-state index contributed by atoms with van der Waals surface area (Å²) in [6.45, 7) is 1.01. The topological polar surface area (TPSA) is 68.7 Å². The lowest BCUT2D eigenvalue weighted by molar-refractivity contribution is 0.387. The van der Waals surface area contributed by atoms with Crippen molar-refractivity contribution in [3.8, 4) is 11.5 Å². The molecule has 0 spiro atoms. The summed E-state index contributed by atoms with van der Waals surface area (Å²) in [5, 5.41) is 0. The van der Waals surface area contributed by atoms with Crippen molar-refractivity contribution in [3.63, 3.8) is 0 Å². The Bertz CT molecular complexity index is 824. The maximum Gasteiger partial charge on any atom is 0.246 e. The number of rotatable bonds is 6. The van der Waals surface area contributed by atoms with Crippen LogP contribution in [0.2, 0.25) is 0 Å². The van der Waals surface area contributed by atoms with Crippen molar-refractivity contribution in [2.24, 2.45) is 5.92 Å². The molecule has 0 amide bonds. The van der Waals surface area contributed by atoms with Crippen molar-refractivity contribution in [3.05, 3.63) is 48.3 Å². The quantitative estimate of drug-likeness (QED) is 0.789.